The number of nitrogens with one attached hydrogen (secondary N) is 2. The second-order valence-corrected chi connectivity index (χ2v) is 30.9. The van der Waals surface area contributed by atoms with Crippen LogP contribution in [0.25, 0.3) is 109 Å². The van der Waals surface area contributed by atoms with Gasteiger partial charge in [0.25, 0.3) is 11.5 Å². The number of nitrogens with zero attached hydrogens (tertiary/aromatic N) is 10. The number of carbonyl (C=O) groups excluding carboxylic acids is 5. The highest BCUT2D eigenvalue weighted by atomic mass is 79.9. The van der Waals surface area contributed by atoms with Crippen molar-refractivity contribution >= 4 is 116 Å². The molecule has 130 heavy (non-hydrogen) atoms. The number of hydrazone groups is 1. The molecule has 0 saturated heterocycles. The molecule has 19 aromatic rings. The standard InChI is InChI=1S/C21H19NO4.C19H12BrN3.C19H15N3O.C19H13N3O.C17H13NO.C13H13NO2/c1-2-25-26-20(23)14-19(16-9-11-22-12-10-16)21(24)18-8-7-15-5-3-4-6-17(15)13-18;20-18-12-17(14-7-9-21-10-8-14)19(23-22-18)16-6-5-13-3-1-2-4-15(13)11-16;2*23-18-12-17(14-7-9-20-10-8-14)19(22-21-18)16-6-5-13-3-1-2-4-15(13)11-16;19-17(11-13-7-9-18-10-8-13)16-6-5-14-3-1-2-4-15(14)12-16;1-14(16-2)13(15)12-8-7-10-5-3-4-6-11(10)9-12/h3-13,19H,2,14H2,1H3;1-12H;1-11,17H,12H2,(H,21,23);1-12H,(H,21,23);1-10,12H,11H2;3-9H,1-2H3. The third kappa shape index (κ3) is 22.9. The molecule has 0 aliphatic carbocycles. The number of hydroxylamine groups is 2. The van der Waals surface area contributed by atoms with E-state index in [0.29, 0.717) is 34.1 Å². The van der Waals surface area contributed by atoms with Crippen LogP contribution in [0.1, 0.15) is 84.9 Å². The number of aromatic nitrogens is 9. The van der Waals surface area contributed by atoms with E-state index < -0.39 is 11.9 Å². The van der Waals surface area contributed by atoms with Gasteiger partial charge in [-0.15, -0.1) is 10.2 Å². The summed E-state index contributed by atoms with van der Waals surface area (Å²) in [7, 11) is 3.07. The van der Waals surface area contributed by atoms with E-state index >= 15 is 0 Å². The normalized spacial score (nSPS) is 12.1. The van der Waals surface area contributed by atoms with Crippen molar-refractivity contribution in [3.63, 3.8) is 0 Å². The Hall–Kier alpha value is -16.3. The summed E-state index contributed by atoms with van der Waals surface area (Å²) in [6, 6.07) is 107. The molecule has 12 aromatic carbocycles. The topological polar surface area (TPSA) is 277 Å². The zero-order valence-electron chi connectivity index (χ0n) is 71.0. The maximum absolute atomic E-state index is 13.1. The summed E-state index contributed by atoms with van der Waals surface area (Å²) in [6.07, 6.45) is 17.8. The second-order valence-electron chi connectivity index (χ2n) is 30.0. The van der Waals surface area contributed by atoms with E-state index in [4.69, 9.17) is 14.6 Å². The lowest BCUT2D eigenvalue weighted by molar-refractivity contribution is -0.269. The summed E-state index contributed by atoms with van der Waals surface area (Å²) in [5.41, 5.74) is 16.5. The number of pyridine rings is 5. The minimum Gasteiger partial charge on any atom is -0.298 e. The molecule has 0 spiro atoms. The van der Waals surface area contributed by atoms with Crippen LogP contribution >= 0.6 is 15.9 Å². The molecule has 1 aliphatic heterocycles. The van der Waals surface area contributed by atoms with Crippen LogP contribution in [0.3, 0.4) is 0 Å². The molecule has 0 fully saturated rings. The monoisotopic (exact) mass is 1770 g/mol. The Bertz CT molecular complexity index is 7310. The van der Waals surface area contributed by atoms with Crippen LogP contribution in [-0.2, 0) is 30.6 Å². The van der Waals surface area contributed by atoms with Crippen molar-refractivity contribution in [3.05, 3.63) is 443 Å². The maximum atomic E-state index is 13.1. The lowest BCUT2D eigenvalue weighted by Crippen LogP contribution is -2.32. The Morgan fingerprint density at radius 3 is 1.34 bits per heavy atom. The van der Waals surface area contributed by atoms with Crippen molar-refractivity contribution in [2.45, 2.75) is 38.0 Å². The third-order valence-corrected chi connectivity index (χ3v) is 22.0. The van der Waals surface area contributed by atoms with Crippen LogP contribution in [-0.4, -0.2) is 106 Å². The van der Waals surface area contributed by atoms with Gasteiger partial charge in [-0.05, 0) is 230 Å². The van der Waals surface area contributed by atoms with Gasteiger partial charge in [0.05, 0.1) is 37.5 Å². The fourth-order valence-electron chi connectivity index (χ4n) is 15.0. The van der Waals surface area contributed by atoms with E-state index in [1.165, 1.54) is 33.7 Å². The number of aromatic amines is 1. The van der Waals surface area contributed by atoms with Crippen LogP contribution in [0, 0.1) is 0 Å². The molecule has 0 saturated carbocycles. The van der Waals surface area contributed by atoms with Crippen LogP contribution in [0.2, 0.25) is 0 Å². The van der Waals surface area contributed by atoms with Crippen molar-refractivity contribution in [1.82, 2.24) is 55.8 Å². The second kappa shape index (κ2) is 43.6. The van der Waals surface area contributed by atoms with E-state index in [1.54, 1.807) is 106 Å². The van der Waals surface area contributed by atoms with Gasteiger partial charge < -0.3 is 0 Å². The van der Waals surface area contributed by atoms with Crippen LogP contribution in [0.15, 0.2) is 404 Å². The number of hydrogen-bond acceptors (Lipinski definition) is 18. The van der Waals surface area contributed by atoms with Crippen molar-refractivity contribution in [2.75, 3.05) is 20.8 Å². The summed E-state index contributed by atoms with van der Waals surface area (Å²) in [4.78, 5) is 107. The molecule has 20 rings (SSSR count). The Morgan fingerprint density at radius 2 is 0.838 bits per heavy atom. The Labute approximate surface area is 757 Å². The molecule has 638 valence electrons. The molecule has 21 nitrogen and oxygen atoms in total. The Morgan fingerprint density at radius 1 is 0.431 bits per heavy atom. The number of carbonyl (C=O) groups is 5. The molecule has 7 aromatic heterocycles. The van der Waals surface area contributed by atoms with Crippen LogP contribution in [0.5, 0.6) is 0 Å². The van der Waals surface area contributed by atoms with Crippen molar-refractivity contribution in [1.29, 1.82) is 0 Å². The predicted molar refractivity (Wildman–Crippen MR) is 514 cm³/mol. The molecule has 0 radical (unpaired) electrons. The van der Waals surface area contributed by atoms with Gasteiger partial charge in [-0.1, -0.05) is 212 Å². The highest BCUT2D eigenvalue weighted by Crippen LogP contribution is 2.36. The Balaban J connectivity index is 0.000000120. The quantitative estimate of drug-likeness (QED) is 0.0459. The molecule has 2 unspecified atom stereocenters. The zero-order chi connectivity index (χ0) is 89.9. The minimum absolute atomic E-state index is 0.0482. The highest BCUT2D eigenvalue weighted by Gasteiger charge is 2.29. The highest BCUT2D eigenvalue weighted by molar-refractivity contribution is 9.10. The third-order valence-electron chi connectivity index (χ3n) is 21.6. The first kappa shape index (κ1) is 88.6. The first-order valence-corrected chi connectivity index (χ1v) is 42.6. The van der Waals surface area contributed by atoms with Crippen LogP contribution in [0.4, 0.5) is 0 Å². The fraction of sp³-hybridized carbons (Fsp3) is 0.0833. The molecule has 8 heterocycles. The molecule has 0 bridgehead atoms. The number of H-pyrrole nitrogens is 1. The van der Waals surface area contributed by atoms with E-state index in [9.17, 15) is 28.8 Å². The van der Waals surface area contributed by atoms with Gasteiger partial charge in [-0.2, -0.15) is 15.1 Å². The van der Waals surface area contributed by atoms with E-state index in [-0.39, 0.29) is 47.9 Å². The van der Waals surface area contributed by atoms with Gasteiger partial charge in [0.1, 0.15) is 10.3 Å². The van der Waals surface area contributed by atoms with Gasteiger partial charge in [-0.3, -0.25) is 58.6 Å². The first-order valence-electron chi connectivity index (χ1n) is 41.8. The molecule has 1 aliphatic rings. The molecule has 2 amide bonds. The molecule has 2 N–H and O–H groups in total. The SMILES string of the molecule is Brc1cc(-c2ccncc2)c(-c2ccc3ccccc3c2)nn1.CCOOC(=O)CC(C(=O)c1ccc2ccccc2c1)c1ccncc1.CON(C)C(=O)c1ccc2ccccc2c1.O=C(Cc1ccncc1)c1ccc2ccccc2c1.O=C1CC(c2ccncc2)C(c2ccc3ccccc3c2)=NN1.O=c1cc(-c2ccncc2)c(-c2ccc3ccccc3c2)n[nH]1. The number of amides is 2. The van der Waals surface area contributed by atoms with Crippen molar-refractivity contribution in [3.8, 4) is 44.8 Å². The zero-order valence-corrected chi connectivity index (χ0v) is 72.5. The lowest BCUT2D eigenvalue weighted by atomic mass is 9.86. The summed E-state index contributed by atoms with van der Waals surface area (Å²) < 4.78 is 0.717. The van der Waals surface area contributed by atoms with Gasteiger partial charge in [0.2, 0.25) is 5.91 Å². The van der Waals surface area contributed by atoms with E-state index in [0.717, 1.165) is 116 Å². The number of fused-ring (bicyclic) bond motifs is 6. The van der Waals surface area contributed by atoms with E-state index in [2.05, 4.69) is 157 Å². The average molecular weight is 1770 g/mol. The number of hydrogen-bond donors (Lipinski definition) is 2. The summed E-state index contributed by atoms with van der Waals surface area (Å²) in [5, 5.41) is 34.5. The number of benzene rings is 12. The smallest absolute Gasteiger partial charge is 0.298 e. The van der Waals surface area contributed by atoms with Crippen molar-refractivity contribution in [2.24, 2.45) is 5.10 Å². The predicted octanol–water partition coefficient (Wildman–Crippen LogP) is 22.2. The number of rotatable bonds is 18. The molecule has 2 atom stereocenters. The summed E-state index contributed by atoms with van der Waals surface area (Å²) in [5.74, 6) is -1.50. The van der Waals surface area contributed by atoms with Crippen LogP contribution < -0.4 is 11.0 Å². The minimum atomic E-state index is -0.660. The van der Waals surface area contributed by atoms with Gasteiger partial charge in [-0.25, -0.2) is 20.4 Å². The van der Waals surface area contributed by atoms with E-state index in [1.807, 2.05) is 212 Å². The fourth-order valence-corrected chi connectivity index (χ4v) is 15.3. The number of ketones is 2. The van der Waals surface area contributed by atoms with Gasteiger partial charge in [0, 0.05) is 133 Å². The van der Waals surface area contributed by atoms with Gasteiger partial charge in [0.15, 0.2) is 11.6 Å². The molecule has 22 heteroatoms. The van der Waals surface area contributed by atoms with Crippen molar-refractivity contribution < 1.29 is 38.6 Å². The summed E-state index contributed by atoms with van der Waals surface area (Å²) >= 11 is 3.42. The number of Topliss-reactive ketones (excluding diaryl/α,β-unsaturated/α-hetero) is 2. The lowest BCUT2D eigenvalue weighted by Gasteiger charge is -2.23. The maximum Gasteiger partial charge on any atom is 0.343 e. The largest absolute Gasteiger partial charge is 0.343 e. The summed E-state index contributed by atoms with van der Waals surface area (Å²) in [6.45, 7) is 1.97. The first-order chi connectivity index (χ1) is 63.7. The average Bonchev–Trinajstić information content (AvgIpc) is 0.805. The van der Waals surface area contributed by atoms with Gasteiger partial charge >= 0.3 is 5.97 Å². The number of halogens is 1. The molecular formula is C108H85BrN12O9. The Kier molecular flexibility index (Phi) is 29.7. The molecular weight excluding hydrogens is 1690 g/mol.